The first-order valence-electron chi connectivity index (χ1n) is 6.36. The second kappa shape index (κ2) is 4.92. The van der Waals surface area contributed by atoms with Gasteiger partial charge in [0.05, 0.1) is 31.7 Å². The maximum absolute atomic E-state index is 11.5. The zero-order valence-electron chi connectivity index (χ0n) is 11.2. The van der Waals surface area contributed by atoms with Gasteiger partial charge in [0.1, 0.15) is 5.69 Å². The lowest BCUT2D eigenvalue weighted by atomic mass is 10.2. The van der Waals surface area contributed by atoms with Crippen LogP contribution in [0.1, 0.15) is 11.4 Å². The number of aryl methyl sites for hydroxylation is 1. The molecule has 0 bridgehead atoms. The first-order valence-corrected chi connectivity index (χ1v) is 9.00. The van der Waals surface area contributed by atoms with Crippen LogP contribution in [0.25, 0.3) is 10.2 Å². The number of rotatable bonds is 3. The van der Waals surface area contributed by atoms with Gasteiger partial charge in [0, 0.05) is 12.1 Å². The summed E-state index contributed by atoms with van der Waals surface area (Å²) < 4.78 is 23.7. The largest absolute Gasteiger partial charge is 0.376 e. The number of thiazole rings is 1. The van der Waals surface area contributed by atoms with E-state index in [1.54, 1.807) is 6.07 Å². The highest BCUT2D eigenvalue weighted by atomic mass is 32.2. The summed E-state index contributed by atoms with van der Waals surface area (Å²) in [5.41, 5.74) is 0.974. The third kappa shape index (κ3) is 2.84. The lowest BCUT2D eigenvalue weighted by Gasteiger charge is -2.12. The molecular weight excluding hydrogens is 314 g/mol. The van der Waals surface area contributed by atoms with E-state index >= 15 is 0 Å². The second-order valence-electron chi connectivity index (χ2n) is 5.07. The first-order chi connectivity index (χ1) is 9.84. The summed E-state index contributed by atoms with van der Waals surface area (Å²) in [5.74, 6) is 0.134. The number of benzene rings is 1. The van der Waals surface area contributed by atoms with Crippen LogP contribution in [0.2, 0.25) is 0 Å². The number of hydrogen-bond acceptors (Lipinski definition) is 7. The van der Waals surface area contributed by atoms with E-state index in [-0.39, 0.29) is 23.2 Å². The highest BCUT2D eigenvalue weighted by Crippen LogP contribution is 2.34. The zero-order valence-corrected chi connectivity index (χ0v) is 12.8. The van der Waals surface area contributed by atoms with E-state index in [9.17, 15) is 18.5 Å². The summed E-state index contributed by atoms with van der Waals surface area (Å²) in [6.45, 7) is 1.84. The molecule has 0 radical (unpaired) electrons. The monoisotopic (exact) mass is 327 g/mol. The van der Waals surface area contributed by atoms with Gasteiger partial charge in [0.25, 0.3) is 5.69 Å². The Morgan fingerprint density at radius 1 is 1.48 bits per heavy atom. The maximum atomic E-state index is 11.5. The molecule has 0 saturated carbocycles. The van der Waals surface area contributed by atoms with Crippen LogP contribution >= 0.6 is 11.3 Å². The Kier molecular flexibility index (Phi) is 3.33. The molecule has 9 heteroatoms. The summed E-state index contributed by atoms with van der Waals surface area (Å²) >= 11 is 1.40. The molecule has 7 nitrogen and oxygen atoms in total. The van der Waals surface area contributed by atoms with E-state index in [2.05, 4.69) is 10.3 Å². The summed E-state index contributed by atoms with van der Waals surface area (Å²) in [7, 11) is -3.03. The highest BCUT2D eigenvalue weighted by molar-refractivity contribution is 7.91. The first kappa shape index (κ1) is 14.2. The SMILES string of the molecule is Cc1nc2cc(NC3CCS(=O)(=O)C3)c([N+](=O)[O-])cc2s1. The second-order valence-corrected chi connectivity index (χ2v) is 8.53. The van der Waals surface area contributed by atoms with Crippen molar-refractivity contribution in [1.29, 1.82) is 0 Å². The van der Waals surface area contributed by atoms with Gasteiger partial charge in [-0.15, -0.1) is 11.3 Å². The third-order valence-corrected chi connectivity index (χ3v) is 6.10. The molecule has 1 aliphatic heterocycles. The van der Waals surface area contributed by atoms with Crippen molar-refractivity contribution in [3.63, 3.8) is 0 Å². The van der Waals surface area contributed by atoms with Crippen molar-refractivity contribution in [3.8, 4) is 0 Å². The number of fused-ring (bicyclic) bond motifs is 1. The molecule has 2 aromatic rings. The van der Waals surface area contributed by atoms with Gasteiger partial charge in [-0.2, -0.15) is 0 Å². The fraction of sp³-hybridized carbons (Fsp3) is 0.417. The van der Waals surface area contributed by atoms with Crippen molar-refractivity contribution in [2.45, 2.75) is 19.4 Å². The van der Waals surface area contributed by atoms with Crippen LogP contribution in [-0.4, -0.2) is 35.9 Å². The number of anilines is 1. The van der Waals surface area contributed by atoms with Gasteiger partial charge in [0.2, 0.25) is 0 Å². The smallest absolute Gasteiger partial charge is 0.293 e. The Morgan fingerprint density at radius 3 is 2.86 bits per heavy atom. The summed E-state index contributed by atoms with van der Waals surface area (Å²) in [4.78, 5) is 15.1. The van der Waals surface area contributed by atoms with Gasteiger partial charge in [-0.25, -0.2) is 13.4 Å². The molecule has 1 fully saturated rings. The molecule has 3 rings (SSSR count). The van der Waals surface area contributed by atoms with Gasteiger partial charge in [-0.1, -0.05) is 0 Å². The Morgan fingerprint density at radius 2 is 2.24 bits per heavy atom. The summed E-state index contributed by atoms with van der Waals surface area (Å²) in [6, 6.07) is 2.83. The number of nitro groups is 1. The normalized spacial score (nSPS) is 20.7. The molecule has 0 spiro atoms. The molecule has 1 unspecified atom stereocenters. The number of nitrogens with zero attached hydrogens (tertiary/aromatic N) is 2. The van der Waals surface area contributed by atoms with E-state index in [1.807, 2.05) is 6.92 Å². The van der Waals surface area contributed by atoms with E-state index in [0.717, 1.165) is 9.71 Å². The van der Waals surface area contributed by atoms with E-state index in [0.29, 0.717) is 17.6 Å². The molecule has 112 valence electrons. The number of hydrogen-bond donors (Lipinski definition) is 1. The van der Waals surface area contributed by atoms with Crippen LogP contribution < -0.4 is 5.32 Å². The van der Waals surface area contributed by atoms with E-state index < -0.39 is 14.8 Å². The Bertz CT molecular complexity index is 828. The fourth-order valence-corrected chi connectivity index (χ4v) is 4.99. The van der Waals surface area contributed by atoms with Gasteiger partial charge in [0.15, 0.2) is 9.84 Å². The number of aromatic nitrogens is 1. The zero-order chi connectivity index (χ0) is 15.2. The average molecular weight is 327 g/mol. The lowest BCUT2D eigenvalue weighted by Crippen LogP contribution is -2.21. The standard InChI is InChI=1S/C12H13N3O4S2/c1-7-13-10-4-9(11(15(16)17)5-12(10)20-7)14-8-2-3-21(18,19)6-8/h4-5,8,14H,2-3,6H2,1H3. The van der Waals surface area contributed by atoms with E-state index in [1.165, 1.54) is 17.4 Å². The van der Waals surface area contributed by atoms with Gasteiger partial charge in [-0.3, -0.25) is 10.1 Å². The van der Waals surface area contributed by atoms with Crippen molar-refractivity contribution in [3.05, 3.63) is 27.3 Å². The number of nitrogens with one attached hydrogen (secondary N) is 1. The molecular formula is C12H13N3O4S2. The minimum absolute atomic E-state index is 0.0122. The Labute approximate surface area is 125 Å². The average Bonchev–Trinajstić information content (AvgIpc) is 2.89. The predicted octanol–water partition coefficient (Wildman–Crippen LogP) is 2.11. The molecule has 2 heterocycles. The maximum Gasteiger partial charge on any atom is 0.293 e. The summed E-state index contributed by atoms with van der Waals surface area (Å²) in [5, 5.41) is 15.0. The topological polar surface area (TPSA) is 102 Å². The van der Waals surface area contributed by atoms with Crippen molar-refractivity contribution in [2.75, 3.05) is 16.8 Å². The van der Waals surface area contributed by atoms with Crippen LogP contribution in [0.4, 0.5) is 11.4 Å². The molecule has 1 saturated heterocycles. The van der Waals surface area contributed by atoms with E-state index in [4.69, 9.17) is 0 Å². The molecule has 1 atom stereocenters. The Balaban J connectivity index is 1.99. The molecule has 1 aromatic heterocycles. The van der Waals surface area contributed by atoms with Crippen LogP contribution in [0.15, 0.2) is 12.1 Å². The number of sulfone groups is 1. The third-order valence-electron chi connectivity index (χ3n) is 3.40. The van der Waals surface area contributed by atoms with Gasteiger partial charge in [-0.05, 0) is 19.4 Å². The molecule has 0 aliphatic carbocycles. The quantitative estimate of drug-likeness (QED) is 0.684. The van der Waals surface area contributed by atoms with Crippen LogP contribution in [0, 0.1) is 17.0 Å². The molecule has 21 heavy (non-hydrogen) atoms. The summed E-state index contributed by atoms with van der Waals surface area (Å²) in [6.07, 6.45) is 0.466. The van der Waals surface area contributed by atoms with Gasteiger partial charge >= 0.3 is 0 Å². The minimum atomic E-state index is -3.03. The van der Waals surface area contributed by atoms with Crippen molar-refractivity contribution in [1.82, 2.24) is 4.98 Å². The Hall–Kier alpha value is -1.74. The highest BCUT2D eigenvalue weighted by Gasteiger charge is 2.29. The molecule has 1 N–H and O–H groups in total. The lowest BCUT2D eigenvalue weighted by molar-refractivity contribution is -0.383. The minimum Gasteiger partial charge on any atom is -0.376 e. The van der Waals surface area contributed by atoms with Crippen molar-refractivity contribution < 1.29 is 13.3 Å². The van der Waals surface area contributed by atoms with Gasteiger partial charge < -0.3 is 5.32 Å². The van der Waals surface area contributed by atoms with Crippen LogP contribution in [0.3, 0.4) is 0 Å². The number of nitro benzene ring substituents is 1. The molecule has 0 amide bonds. The van der Waals surface area contributed by atoms with Crippen LogP contribution in [-0.2, 0) is 9.84 Å². The van der Waals surface area contributed by atoms with Crippen LogP contribution in [0.5, 0.6) is 0 Å². The molecule has 1 aliphatic rings. The fourth-order valence-electron chi connectivity index (χ4n) is 2.47. The molecule has 1 aromatic carbocycles. The predicted molar refractivity (Wildman–Crippen MR) is 81.7 cm³/mol. The van der Waals surface area contributed by atoms with Crippen molar-refractivity contribution >= 4 is 42.8 Å². The van der Waals surface area contributed by atoms with Crippen molar-refractivity contribution in [2.24, 2.45) is 0 Å².